The lowest BCUT2D eigenvalue weighted by atomic mass is 10.3. The number of carboxylic acids is 1. The highest BCUT2D eigenvalue weighted by molar-refractivity contribution is 6.31. The smallest absolute Gasteiger partial charge is 0.248 e. The summed E-state index contributed by atoms with van der Waals surface area (Å²) in [6.45, 7) is 0. The Hall–Kier alpha value is -2.01. The third-order valence-corrected chi connectivity index (χ3v) is 2.03. The van der Waals surface area contributed by atoms with Crippen LogP contribution in [0.2, 0.25) is 5.02 Å². The molecule has 0 aliphatic heterocycles. The molecule has 0 fully saturated rings. The number of methoxy groups -OCH3 is 1. The first-order valence-corrected chi connectivity index (χ1v) is 4.94. The van der Waals surface area contributed by atoms with E-state index < -0.39 is 11.9 Å². The molecule has 0 atom stereocenters. The largest absolute Gasteiger partial charge is 0.545 e. The highest BCUT2D eigenvalue weighted by Gasteiger charge is 2.05. The number of ether oxygens (including phenoxy) is 1. The van der Waals surface area contributed by atoms with E-state index >= 15 is 0 Å². The molecule has 5 nitrogen and oxygen atoms in total. The number of carbonyl (C=O) groups excluding carboxylic acids is 2. The predicted molar refractivity (Wildman–Crippen MR) is 60.8 cm³/mol. The summed E-state index contributed by atoms with van der Waals surface area (Å²) in [6.07, 6.45) is 1.47. The molecular weight excluding hydrogens is 246 g/mol. The maximum absolute atomic E-state index is 11.3. The molecule has 0 radical (unpaired) electrons. The molecule has 1 N–H and O–H groups in total. The number of carboxylic acid groups (broad SMARTS) is 1. The molecule has 1 aromatic carbocycles. The fourth-order valence-electron chi connectivity index (χ4n) is 1.10. The number of carbonyl (C=O) groups is 2. The van der Waals surface area contributed by atoms with Crippen molar-refractivity contribution in [3.05, 3.63) is 35.4 Å². The van der Waals surface area contributed by atoms with Crippen molar-refractivity contribution in [2.75, 3.05) is 12.4 Å². The van der Waals surface area contributed by atoms with Crippen LogP contribution in [0.25, 0.3) is 0 Å². The molecule has 6 heteroatoms. The maximum Gasteiger partial charge on any atom is 0.248 e. The normalized spacial score (nSPS) is 10.2. The van der Waals surface area contributed by atoms with Crippen molar-refractivity contribution in [3.8, 4) is 5.75 Å². The summed E-state index contributed by atoms with van der Waals surface area (Å²) in [5.41, 5.74) is 0.355. The van der Waals surface area contributed by atoms with Crippen LogP contribution >= 0.6 is 11.6 Å². The van der Waals surface area contributed by atoms with E-state index in [1.54, 1.807) is 12.1 Å². The number of anilines is 1. The SMILES string of the molecule is COc1ccc(Cl)cc1NC(=O)/C=C/C(=O)[O-]. The third-order valence-electron chi connectivity index (χ3n) is 1.79. The fourth-order valence-corrected chi connectivity index (χ4v) is 1.27. The van der Waals surface area contributed by atoms with Gasteiger partial charge in [-0.2, -0.15) is 0 Å². The number of rotatable bonds is 4. The predicted octanol–water partition coefficient (Wildman–Crippen LogP) is 0.593. The molecule has 0 saturated heterocycles. The second kappa shape index (κ2) is 5.91. The summed E-state index contributed by atoms with van der Waals surface area (Å²) in [4.78, 5) is 21.4. The minimum atomic E-state index is -1.45. The van der Waals surface area contributed by atoms with E-state index in [0.29, 0.717) is 22.5 Å². The maximum atomic E-state index is 11.3. The van der Waals surface area contributed by atoms with Crippen LogP contribution in [0.15, 0.2) is 30.4 Å². The molecule has 0 saturated carbocycles. The van der Waals surface area contributed by atoms with Gasteiger partial charge in [0.1, 0.15) is 5.75 Å². The van der Waals surface area contributed by atoms with Gasteiger partial charge in [-0.05, 0) is 24.3 Å². The molecule has 90 valence electrons. The summed E-state index contributed by atoms with van der Waals surface area (Å²) in [6, 6.07) is 4.68. The van der Waals surface area contributed by atoms with Gasteiger partial charge in [-0.25, -0.2) is 0 Å². The van der Waals surface area contributed by atoms with Crippen molar-refractivity contribution in [2.24, 2.45) is 0 Å². The zero-order valence-electron chi connectivity index (χ0n) is 8.90. The molecule has 0 aromatic heterocycles. The molecular formula is C11H9ClNO4-. The van der Waals surface area contributed by atoms with E-state index in [0.717, 1.165) is 6.08 Å². The number of aliphatic carboxylic acids is 1. The highest BCUT2D eigenvalue weighted by Crippen LogP contribution is 2.27. The van der Waals surface area contributed by atoms with Crippen LogP contribution < -0.4 is 15.2 Å². The van der Waals surface area contributed by atoms with Gasteiger partial charge in [0.2, 0.25) is 5.91 Å². The van der Waals surface area contributed by atoms with Gasteiger partial charge in [0.25, 0.3) is 0 Å². The van der Waals surface area contributed by atoms with Crippen LogP contribution in [0.1, 0.15) is 0 Å². The van der Waals surface area contributed by atoms with Crippen LogP contribution in [0, 0.1) is 0 Å². The lowest BCUT2D eigenvalue weighted by Crippen LogP contribution is -2.20. The first-order valence-electron chi connectivity index (χ1n) is 4.56. The van der Waals surface area contributed by atoms with Crippen LogP contribution in [0.5, 0.6) is 5.75 Å². The molecule has 0 bridgehead atoms. The van der Waals surface area contributed by atoms with Crippen LogP contribution in [0.4, 0.5) is 5.69 Å². The summed E-state index contributed by atoms with van der Waals surface area (Å²) in [5.74, 6) is -1.64. The van der Waals surface area contributed by atoms with Crippen molar-refractivity contribution >= 4 is 29.2 Å². The number of amides is 1. The van der Waals surface area contributed by atoms with E-state index in [4.69, 9.17) is 16.3 Å². The lowest BCUT2D eigenvalue weighted by molar-refractivity contribution is -0.297. The Morgan fingerprint density at radius 3 is 2.71 bits per heavy atom. The zero-order chi connectivity index (χ0) is 12.8. The van der Waals surface area contributed by atoms with Crippen LogP contribution in [-0.4, -0.2) is 19.0 Å². The van der Waals surface area contributed by atoms with Gasteiger partial charge in [0.15, 0.2) is 0 Å². The van der Waals surface area contributed by atoms with E-state index in [-0.39, 0.29) is 0 Å². The molecule has 1 amide bonds. The average molecular weight is 255 g/mol. The minimum absolute atomic E-state index is 0.355. The Morgan fingerprint density at radius 2 is 2.12 bits per heavy atom. The second-order valence-corrected chi connectivity index (χ2v) is 3.42. The van der Waals surface area contributed by atoms with Crippen molar-refractivity contribution in [3.63, 3.8) is 0 Å². The molecule has 0 unspecified atom stereocenters. The Morgan fingerprint density at radius 1 is 1.41 bits per heavy atom. The summed E-state index contributed by atoms with van der Waals surface area (Å²) in [7, 11) is 1.44. The molecule has 0 spiro atoms. The first kappa shape index (κ1) is 13.1. The van der Waals surface area contributed by atoms with Gasteiger partial charge in [0, 0.05) is 11.1 Å². The Balaban J connectivity index is 2.83. The molecule has 1 rings (SSSR count). The van der Waals surface area contributed by atoms with Crippen LogP contribution in [0.3, 0.4) is 0 Å². The van der Waals surface area contributed by atoms with Gasteiger partial charge >= 0.3 is 0 Å². The van der Waals surface area contributed by atoms with Gasteiger partial charge < -0.3 is 20.0 Å². The average Bonchev–Trinajstić information content (AvgIpc) is 2.27. The third kappa shape index (κ3) is 4.16. The molecule has 1 aromatic rings. The molecule has 0 aliphatic rings. The van der Waals surface area contributed by atoms with Gasteiger partial charge in [-0.15, -0.1) is 0 Å². The number of benzene rings is 1. The highest BCUT2D eigenvalue weighted by atomic mass is 35.5. The number of hydrogen-bond donors (Lipinski definition) is 1. The monoisotopic (exact) mass is 254 g/mol. The Labute approximate surface area is 103 Å². The van der Waals surface area contributed by atoms with Gasteiger partial charge in [-0.3, -0.25) is 4.79 Å². The van der Waals surface area contributed by atoms with Crippen molar-refractivity contribution in [2.45, 2.75) is 0 Å². The first-order chi connectivity index (χ1) is 8.02. The second-order valence-electron chi connectivity index (χ2n) is 2.99. The Bertz CT molecular complexity index is 471. The summed E-state index contributed by atoms with van der Waals surface area (Å²) < 4.78 is 5.00. The van der Waals surface area contributed by atoms with Crippen LogP contribution in [-0.2, 0) is 9.59 Å². The minimum Gasteiger partial charge on any atom is -0.545 e. The van der Waals surface area contributed by atoms with Gasteiger partial charge in [-0.1, -0.05) is 11.6 Å². The summed E-state index contributed by atoms with van der Waals surface area (Å²) in [5, 5.41) is 13.0. The lowest BCUT2D eigenvalue weighted by Gasteiger charge is -2.08. The molecule has 17 heavy (non-hydrogen) atoms. The van der Waals surface area contributed by atoms with E-state index in [9.17, 15) is 14.7 Å². The quantitative estimate of drug-likeness (QED) is 0.798. The number of hydrogen-bond acceptors (Lipinski definition) is 4. The Kier molecular flexibility index (Phi) is 4.54. The van der Waals surface area contributed by atoms with E-state index in [2.05, 4.69) is 5.32 Å². The van der Waals surface area contributed by atoms with Crippen molar-refractivity contribution < 1.29 is 19.4 Å². The standard InChI is InChI=1S/C11H10ClNO4/c1-17-9-3-2-7(12)6-8(9)13-10(14)4-5-11(15)16/h2-6H,1H3,(H,13,14)(H,15,16)/p-1/b5-4+. The molecule has 0 heterocycles. The number of halogens is 1. The van der Waals surface area contributed by atoms with E-state index in [1.165, 1.54) is 13.2 Å². The van der Waals surface area contributed by atoms with Crippen molar-refractivity contribution in [1.29, 1.82) is 0 Å². The van der Waals surface area contributed by atoms with Gasteiger partial charge in [0.05, 0.1) is 18.8 Å². The van der Waals surface area contributed by atoms with Crippen molar-refractivity contribution in [1.82, 2.24) is 0 Å². The zero-order valence-corrected chi connectivity index (χ0v) is 9.65. The topological polar surface area (TPSA) is 78.5 Å². The number of nitrogens with one attached hydrogen (secondary N) is 1. The summed E-state index contributed by atoms with van der Waals surface area (Å²) >= 11 is 5.76. The van der Waals surface area contributed by atoms with E-state index in [1.807, 2.05) is 0 Å². The molecule has 0 aliphatic carbocycles. The fraction of sp³-hybridized carbons (Fsp3) is 0.0909.